The Bertz CT molecular complexity index is 977. The maximum atomic E-state index is 13.2. The summed E-state index contributed by atoms with van der Waals surface area (Å²) in [6.07, 6.45) is 0.411. The Morgan fingerprint density at radius 1 is 1.03 bits per heavy atom. The Morgan fingerprint density at radius 2 is 1.71 bits per heavy atom. The second-order valence-corrected chi connectivity index (χ2v) is 9.64. The van der Waals surface area contributed by atoms with Gasteiger partial charge in [-0.05, 0) is 62.3 Å². The van der Waals surface area contributed by atoms with Gasteiger partial charge in [-0.1, -0.05) is 37.3 Å². The molecule has 0 bridgehead atoms. The fourth-order valence-corrected chi connectivity index (χ4v) is 5.39. The van der Waals surface area contributed by atoms with Crippen molar-refractivity contribution in [2.24, 2.45) is 0 Å². The van der Waals surface area contributed by atoms with E-state index in [1.54, 1.807) is 35.2 Å². The third-order valence-corrected chi connectivity index (χ3v) is 7.62. The van der Waals surface area contributed by atoms with Gasteiger partial charge >= 0.3 is 0 Å². The first-order chi connectivity index (χ1) is 14.9. The summed E-state index contributed by atoms with van der Waals surface area (Å²) < 4.78 is 14.3. The van der Waals surface area contributed by atoms with Crippen molar-refractivity contribution >= 4 is 44.4 Å². The number of fused-ring (bicyclic) bond motifs is 1. The Kier molecular flexibility index (Phi) is 8.46. The summed E-state index contributed by atoms with van der Waals surface area (Å²) >= 11 is 3.17. The average Bonchev–Trinajstić information content (AvgIpc) is 3.22. The number of amides is 1. The number of thioether (sulfide) groups is 1. The molecular weight excluding hydrogens is 429 g/mol. The van der Waals surface area contributed by atoms with E-state index in [0.29, 0.717) is 18.7 Å². The van der Waals surface area contributed by atoms with E-state index >= 15 is 0 Å². The topological polar surface area (TPSA) is 36.4 Å². The zero-order valence-electron chi connectivity index (χ0n) is 18.7. The van der Waals surface area contributed by atoms with E-state index in [9.17, 15) is 9.18 Å². The van der Waals surface area contributed by atoms with Gasteiger partial charge in [-0.3, -0.25) is 9.69 Å². The van der Waals surface area contributed by atoms with Gasteiger partial charge in [0.05, 0.1) is 10.2 Å². The van der Waals surface area contributed by atoms with Gasteiger partial charge in [-0.2, -0.15) is 0 Å². The molecule has 0 saturated heterocycles. The van der Waals surface area contributed by atoms with Crippen LogP contribution >= 0.6 is 23.1 Å². The molecule has 0 spiro atoms. The lowest BCUT2D eigenvalue weighted by Crippen LogP contribution is -2.39. The van der Waals surface area contributed by atoms with Crippen LogP contribution in [-0.4, -0.2) is 47.7 Å². The van der Waals surface area contributed by atoms with Crippen LogP contribution in [0.25, 0.3) is 10.2 Å². The molecule has 0 aliphatic rings. The third kappa shape index (κ3) is 6.05. The van der Waals surface area contributed by atoms with Gasteiger partial charge in [-0.15, -0.1) is 11.8 Å². The normalized spacial score (nSPS) is 11.4. The average molecular weight is 460 g/mol. The van der Waals surface area contributed by atoms with Crippen molar-refractivity contribution in [3.63, 3.8) is 0 Å². The zero-order valence-corrected chi connectivity index (χ0v) is 20.3. The zero-order chi connectivity index (χ0) is 22.4. The van der Waals surface area contributed by atoms with Crippen molar-refractivity contribution in [3.8, 4) is 0 Å². The van der Waals surface area contributed by atoms with E-state index in [1.807, 2.05) is 4.90 Å². The van der Waals surface area contributed by atoms with Crippen LogP contribution < -0.4 is 4.90 Å². The van der Waals surface area contributed by atoms with Crippen LogP contribution in [0.2, 0.25) is 0 Å². The number of rotatable bonds is 10. The third-order valence-electron chi connectivity index (χ3n) is 5.40. The summed E-state index contributed by atoms with van der Waals surface area (Å²) in [6, 6.07) is 10.6. The molecule has 0 aliphatic heterocycles. The minimum atomic E-state index is -0.246. The number of hydrogen-bond donors (Lipinski definition) is 0. The Labute approximate surface area is 192 Å². The van der Waals surface area contributed by atoms with Crippen LogP contribution in [0, 0.1) is 19.7 Å². The fourth-order valence-electron chi connectivity index (χ4n) is 3.39. The number of aryl methyl sites for hydroxylation is 2. The first kappa shape index (κ1) is 23.7. The molecule has 2 aromatic carbocycles. The molecule has 1 aromatic heterocycles. The van der Waals surface area contributed by atoms with Gasteiger partial charge in [0.1, 0.15) is 5.82 Å². The number of likely N-dealkylation sites (N-methyl/N-ethyl adjacent to an activating group) is 1. The maximum Gasteiger partial charge on any atom is 0.229 e. The summed E-state index contributed by atoms with van der Waals surface area (Å²) in [7, 11) is 0. The predicted octanol–water partition coefficient (Wildman–Crippen LogP) is 5.91. The molecule has 0 fully saturated rings. The first-order valence-corrected chi connectivity index (χ1v) is 12.5. The predicted molar refractivity (Wildman–Crippen MR) is 131 cm³/mol. The Morgan fingerprint density at radius 3 is 2.35 bits per heavy atom. The van der Waals surface area contributed by atoms with Gasteiger partial charge in [0.2, 0.25) is 5.91 Å². The maximum absolute atomic E-state index is 13.2. The number of hydrogen-bond acceptors (Lipinski definition) is 5. The van der Waals surface area contributed by atoms with Crippen molar-refractivity contribution in [1.29, 1.82) is 0 Å². The van der Waals surface area contributed by atoms with Crippen LogP contribution in [-0.2, 0) is 4.79 Å². The van der Waals surface area contributed by atoms with Gasteiger partial charge in [0, 0.05) is 30.2 Å². The first-order valence-electron chi connectivity index (χ1n) is 10.7. The molecular formula is C24H30FN3OS2. The molecule has 0 saturated carbocycles. The van der Waals surface area contributed by atoms with Crippen molar-refractivity contribution in [2.75, 3.05) is 36.8 Å². The quantitative estimate of drug-likeness (QED) is 0.353. The number of aromatic nitrogens is 1. The molecule has 7 heteroatoms. The number of anilines is 1. The van der Waals surface area contributed by atoms with E-state index in [2.05, 4.69) is 44.7 Å². The summed E-state index contributed by atoms with van der Waals surface area (Å²) in [5, 5.41) is 0.774. The van der Waals surface area contributed by atoms with Gasteiger partial charge in [0.15, 0.2) is 5.13 Å². The minimum absolute atomic E-state index is 0.0798. The second-order valence-electron chi connectivity index (χ2n) is 7.50. The lowest BCUT2D eigenvalue weighted by molar-refractivity contribution is -0.118. The number of carbonyl (C=O) groups excluding carboxylic acids is 1. The molecule has 31 heavy (non-hydrogen) atoms. The lowest BCUT2D eigenvalue weighted by atomic mass is 10.1. The lowest BCUT2D eigenvalue weighted by Gasteiger charge is -2.24. The highest BCUT2D eigenvalue weighted by molar-refractivity contribution is 7.99. The Hall–Kier alpha value is -1.96. The van der Waals surface area contributed by atoms with Crippen LogP contribution in [0.15, 0.2) is 41.3 Å². The summed E-state index contributed by atoms with van der Waals surface area (Å²) in [6.45, 7) is 11.8. The van der Waals surface area contributed by atoms with E-state index in [-0.39, 0.29) is 11.7 Å². The molecule has 166 valence electrons. The van der Waals surface area contributed by atoms with E-state index < -0.39 is 0 Å². The molecule has 1 amide bonds. The van der Waals surface area contributed by atoms with Crippen molar-refractivity contribution in [3.05, 3.63) is 53.3 Å². The van der Waals surface area contributed by atoms with Gasteiger partial charge in [0.25, 0.3) is 0 Å². The molecule has 0 N–H and O–H groups in total. The van der Waals surface area contributed by atoms with E-state index in [1.165, 1.54) is 17.7 Å². The van der Waals surface area contributed by atoms with Crippen molar-refractivity contribution in [2.45, 2.75) is 39.0 Å². The Balaban J connectivity index is 1.77. The SMILES string of the molecule is CCN(CC)CCN(C(=O)CCSc1ccc(F)cc1)c1nc2c(C)ccc(C)c2s1. The van der Waals surface area contributed by atoms with Crippen molar-refractivity contribution in [1.82, 2.24) is 9.88 Å². The van der Waals surface area contributed by atoms with Crippen LogP contribution in [0.4, 0.5) is 9.52 Å². The number of nitrogens with zero attached hydrogens (tertiary/aromatic N) is 3. The highest BCUT2D eigenvalue weighted by Gasteiger charge is 2.21. The number of benzene rings is 2. The monoisotopic (exact) mass is 459 g/mol. The molecule has 3 rings (SSSR count). The van der Waals surface area contributed by atoms with Gasteiger partial charge in [-0.25, -0.2) is 9.37 Å². The minimum Gasteiger partial charge on any atom is -0.302 e. The largest absolute Gasteiger partial charge is 0.302 e. The molecule has 4 nitrogen and oxygen atoms in total. The molecule has 0 aliphatic carbocycles. The highest BCUT2D eigenvalue weighted by Crippen LogP contribution is 2.33. The van der Waals surface area contributed by atoms with E-state index in [0.717, 1.165) is 45.4 Å². The number of thiazole rings is 1. The number of carbonyl (C=O) groups is 1. The highest BCUT2D eigenvalue weighted by atomic mass is 32.2. The van der Waals surface area contributed by atoms with Crippen LogP contribution in [0.5, 0.6) is 0 Å². The second kappa shape index (κ2) is 11.1. The van der Waals surface area contributed by atoms with Crippen LogP contribution in [0.3, 0.4) is 0 Å². The molecule has 0 radical (unpaired) electrons. The van der Waals surface area contributed by atoms with Crippen molar-refractivity contribution < 1.29 is 9.18 Å². The summed E-state index contributed by atoms with van der Waals surface area (Å²) in [5.41, 5.74) is 3.31. The molecule has 3 aromatic rings. The molecule has 1 heterocycles. The summed E-state index contributed by atoms with van der Waals surface area (Å²) in [5.74, 6) is 0.482. The number of halogens is 1. The van der Waals surface area contributed by atoms with Crippen LogP contribution in [0.1, 0.15) is 31.4 Å². The van der Waals surface area contributed by atoms with Gasteiger partial charge < -0.3 is 4.90 Å². The molecule has 0 atom stereocenters. The molecule has 0 unspecified atom stereocenters. The van der Waals surface area contributed by atoms with E-state index in [4.69, 9.17) is 4.98 Å². The standard InChI is InChI=1S/C24H30FN3OS2/c1-5-27(6-2)14-15-28(21(29)13-16-30-20-11-9-19(25)10-12-20)24-26-22-17(3)7-8-18(4)23(22)31-24/h7-12H,5-6,13-16H2,1-4H3. The smallest absolute Gasteiger partial charge is 0.229 e. The summed E-state index contributed by atoms with van der Waals surface area (Å²) in [4.78, 5) is 23.2. The fraction of sp³-hybridized carbons (Fsp3) is 0.417.